The number of benzene rings is 1. The van der Waals surface area contributed by atoms with E-state index in [-0.39, 0.29) is 11.5 Å². The van der Waals surface area contributed by atoms with Gasteiger partial charge in [-0.2, -0.15) is 0 Å². The minimum atomic E-state index is -3.27. The Morgan fingerprint density at radius 1 is 1.16 bits per heavy atom. The van der Waals surface area contributed by atoms with E-state index in [4.69, 9.17) is 9.52 Å². The molecule has 0 bridgehead atoms. The van der Waals surface area contributed by atoms with Gasteiger partial charge in [-0.15, -0.1) is 0 Å². The molecule has 0 fully saturated rings. The van der Waals surface area contributed by atoms with Crippen molar-refractivity contribution >= 4 is 15.5 Å². The van der Waals surface area contributed by atoms with Crippen molar-refractivity contribution in [3.8, 4) is 0 Å². The summed E-state index contributed by atoms with van der Waals surface area (Å²) < 4.78 is 28.6. The molecular formula is C13H15NO4S. The van der Waals surface area contributed by atoms with Gasteiger partial charge in [0.1, 0.15) is 18.1 Å². The van der Waals surface area contributed by atoms with E-state index in [0.717, 1.165) is 0 Å². The maximum Gasteiger partial charge on any atom is 0.177 e. The number of para-hydroxylation sites is 1. The van der Waals surface area contributed by atoms with E-state index in [1.54, 1.807) is 36.4 Å². The first kappa shape index (κ1) is 13.6. The lowest BCUT2D eigenvalue weighted by Gasteiger charge is -2.09. The third kappa shape index (κ3) is 3.36. The van der Waals surface area contributed by atoms with Crippen molar-refractivity contribution in [3.05, 3.63) is 47.9 Å². The Morgan fingerprint density at radius 3 is 2.47 bits per heavy atom. The Morgan fingerprint density at radius 2 is 1.84 bits per heavy atom. The number of sulfone groups is 1. The van der Waals surface area contributed by atoms with E-state index in [1.807, 2.05) is 0 Å². The van der Waals surface area contributed by atoms with Gasteiger partial charge in [0.2, 0.25) is 0 Å². The number of aliphatic hydroxyl groups excluding tert-OH is 1. The number of hydrogen-bond acceptors (Lipinski definition) is 5. The molecule has 1 aromatic heterocycles. The van der Waals surface area contributed by atoms with Gasteiger partial charge in [-0.25, -0.2) is 8.42 Å². The fourth-order valence-electron chi connectivity index (χ4n) is 1.72. The van der Waals surface area contributed by atoms with Gasteiger partial charge in [0.15, 0.2) is 9.84 Å². The minimum Gasteiger partial charge on any atom is -0.462 e. The molecule has 19 heavy (non-hydrogen) atoms. The van der Waals surface area contributed by atoms with E-state index in [9.17, 15) is 8.42 Å². The highest BCUT2D eigenvalue weighted by molar-refractivity contribution is 7.90. The Balaban J connectivity index is 2.16. The summed E-state index contributed by atoms with van der Waals surface area (Å²) in [4.78, 5) is 0.254. The first-order valence-corrected chi connectivity index (χ1v) is 7.61. The standard InChI is InChI=1S/C13H15NO4S/c1-19(16,17)13-5-3-2-4-12(13)14-8-10-6-7-11(9-15)18-10/h2-7,14-15H,8-9H2,1H3. The van der Waals surface area contributed by atoms with Crippen molar-refractivity contribution < 1.29 is 17.9 Å². The largest absolute Gasteiger partial charge is 0.462 e. The lowest BCUT2D eigenvalue weighted by atomic mass is 10.3. The third-order valence-corrected chi connectivity index (χ3v) is 3.77. The molecule has 0 aliphatic heterocycles. The Labute approximate surface area is 111 Å². The topological polar surface area (TPSA) is 79.5 Å². The minimum absolute atomic E-state index is 0.153. The second-order valence-electron chi connectivity index (χ2n) is 4.15. The number of rotatable bonds is 5. The maximum absolute atomic E-state index is 11.6. The summed E-state index contributed by atoms with van der Waals surface area (Å²) in [5.41, 5.74) is 0.534. The first-order valence-electron chi connectivity index (χ1n) is 5.72. The maximum atomic E-state index is 11.6. The molecular weight excluding hydrogens is 266 g/mol. The molecule has 0 spiro atoms. The molecule has 0 atom stereocenters. The quantitative estimate of drug-likeness (QED) is 0.873. The molecule has 102 valence electrons. The molecule has 0 saturated heterocycles. The summed E-state index contributed by atoms with van der Waals surface area (Å²) in [5.74, 6) is 1.11. The van der Waals surface area contributed by atoms with Crippen LogP contribution in [0.15, 0.2) is 45.7 Å². The van der Waals surface area contributed by atoms with Crippen molar-refractivity contribution in [1.82, 2.24) is 0 Å². The van der Waals surface area contributed by atoms with Gasteiger partial charge in [-0.3, -0.25) is 0 Å². The van der Waals surface area contributed by atoms with Gasteiger partial charge in [0.05, 0.1) is 17.1 Å². The van der Waals surface area contributed by atoms with Gasteiger partial charge in [0, 0.05) is 6.26 Å². The van der Waals surface area contributed by atoms with Gasteiger partial charge < -0.3 is 14.8 Å². The molecule has 0 aliphatic carbocycles. The number of nitrogens with one attached hydrogen (secondary N) is 1. The van der Waals surface area contributed by atoms with Crippen molar-refractivity contribution in [2.24, 2.45) is 0 Å². The predicted molar refractivity (Wildman–Crippen MR) is 71.5 cm³/mol. The number of anilines is 1. The van der Waals surface area contributed by atoms with Gasteiger partial charge in [-0.05, 0) is 24.3 Å². The van der Waals surface area contributed by atoms with Crippen LogP contribution < -0.4 is 5.32 Å². The zero-order chi connectivity index (χ0) is 13.9. The average molecular weight is 281 g/mol. The fraction of sp³-hybridized carbons (Fsp3) is 0.231. The Hall–Kier alpha value is -1.79. The molecule has 1 heterocycles. The smallest absolute Gasteiger partial charge is 0.177 e. The molecule has 0 radical (unpaired) electrons. The molecule has 0 unspecified atom stereocenters. The highest BCUT2D eigenvalue weighted by atomic mass is 32.2. The molecule has 0 amide bonds. The van der Waals surface area contributed by atoms with Crippen LogP contribution in [-0.4, -0.2) is 19.8 Å². The molecule has 2 N–H and O–H groups in total. The lowest BCUT2D eigenvalue weighted by molar-refractivity contribution is 0.244. The van der Waals surface area contributed by atoms with Crippen molar-refractivity contribution in [1.29, 1.82) is 0 Å². The normalized spacial score (nSPS) is 11.5. The lowest BCUT2D eigenvalue weighted by Crippen LogP contribution is -2.05. The Kier molecular flexibility index (Phi) is 3.92. The highest BCUT2D eigenvalue weighted by Crippen LogP contribution is 2.21. The second kappa shape index (κ2) is 5.46. The molecule has 2 aromatic rings. The van der Waals surface area contributed by atoms with Crippen LogP contribution in [-0.2, 0) is 23.0 Å². The summed E-state index contributed by atoms with van der Waals surface area (Å²) in [6.45, 7) is 0.201. The molecule has 0 aliphatic rings. The summed E-state index contributed by atoms with van der Waals surface area (Å²) in [5, 5.41) is 11.9. The van der Waals surface area contributed by atoms with Crippen LogP contribution in [0.2, 0.25) is 0 Å². The SMILES string of the molecule is CS(=O)(=O)c1ccccc1NCc1ccc(CO)o1. The summed E-state index contributed by atoms with van der Waals surface area (Å²) in [6.07, 6.45) is 1.17. The van der Waals surface area contributed by atoms with E-state index >= 15 is 0 Å². The van der Waals surface area contributed by atoms with Crippen LogP contribution in [0.3, 0.4) is 0 Å². The molecule has 2 rings (SSSR count). The third-order valence-electron chi connectivity index (χ3n) is 2.61. The molecule has 5 nitrogen and oxygen atoms in total. The van der Waals surface area contributed by atoms with Crippen molar-refractivity contribution in [2.75, 3.05) is 11.6 Å². The van der Waals surface area contributed by atoms with Gasteiger partial charge in [-0.1, -0.05) is 12.1 Å². The molecule has 1 aromatic carbocycles. The van der Waals surface area contributed by atoms with Crippen LogP contribution in [0.4, 0.5) is 5.69 Å². The summed E-state index contributed by atoms with van der Waals surface area (Å²) in [7, 11) is -3.27. The van der Waals surface area contributed by atoms with E-state index in [2.05, 4.69) is 5.32 Å². The van der Waals surface area contributed by atoms with Crippen LogP contribution in [0.25, 0.3) is 0 Å². The molecule has 0 saturated carbocycles. The monoisotopic (exact) mass is 281 g/mol. The van der Waals surface area contributed by atoms with Crippen molar-refractivity contribution in [3.63, 3.8) is 0 Å². The van der Waals surface area contributed by atoms with Gasteiger partial charge >= 0.3 is 0 Å². The summed E-state index contributed by atoms with van der Waals surface area (Å²) >= 11 is 0. The average Bonchev–Trinajstić information content (AvgIpc) is 2.83. The Bertz CT molecular complexity index is 661. The van der Waals surface area contributed by atoms with E-state index < -0.39 is 9.84 Å². The van der Waals surface area contributed by atoms with Crippen LogP contribution >= 0.6 is 0 Å². The van der Waals surface area contributed by atoms with Crippen molar-refractivity contribution in [2.45, 2.75) is 18.0 Å². The van der Waals surface area contributed by atoms with Crippen LogP contribution in [0.1, 0.15) is 11.5 Å². The summed E-state index contributed by atoms with van der Waals surface area (Å²) in [6, 6.07) is 10.1. The van der Waals surface area contributed by atoms with E-state index in [1.165, 1.54) is 6.26 Å². The molecule has 6 heteroatoms. The zero-order valence-corrected chi connectivity index (χ0v) is 11.3. The van der Waals surface area contributed by atoms with E-state index in [0.29, 0.717) is 23.8 Å². The van der Waals surface area contributed by atoms with Gasteiger partial charge in [0.25, 0.3) is 0 Å². The predicted octanol–water partition coefficient (Wildman–Crippen LogP) is 1.79. The highest BCUT2D eigenvalue weighted by Gasteiger charge is 2.12. The second-order valence-corrected chi connectivity index (χ2v) is 6.13. The first-order chi connectivity index (χ1) is 9.00. The number of aliphatic hydroxyl groups is 1. The van der Waals surface area contributed by atoms with Crippen LogP contribution in [0, 0.1) is 0 Å². The fourth-order valence-corrected chi connectivity index (χ4v) is 2.59. The van der Waals surface area contributed by atoms with Crippen LogP contribution in [0.5, 0.6) is 0 Å². The number of furan rings is 1. The zero-order valence-electron chi connectivity index (χ0n) is 10.5. The number of hydrogen-bond donors (Lipinski definition) is 2.